The van der Waals surface area contributed by atoms with E-state index in [0.717, 1.165) is 64.7 Å². The molecule has 0 spiro atoms. The van der Waals surface area contributed by atoms with Gasteiger partial charge in [0.1, 0.15) is 0 Å². The highest BCUT2D eigenvalue weighted by molar-refractivity contribution is 5.97. The minimum atomic E-state index is -0.504. The number of hydrogen-bond donors (Lipinski definition) is 2. The summed E-state index contributed by atoms with van der Waals surface area (Å²) in [4.78, 5) is 21.2. The SMILES string of the molecule is CC1=CCC(C23CN(C4CC(C)(C)NC(C)(C)C4)CC(C4=CCC(C)C=C4)(CN(C4CC(C)(C)NC(C)(C)C4)C2)C3=O)C=C1. The lowest BCUT2D eigenvalue weighted by atomic mass is 9.53. The number of nitrogens with one attached hydrogen (secondary N) is 2. The van der Waals surface area contributed by atoms with Gasteiger partial charge in [0.15, 0.2) is 5.78 Å². The number of likely N-dealkylation sites (tertiary alicyclic amines) is 2. The Balaban J connectivity index is 1.48. The maximum Gasteiger partial charge on any atom is 0.155 e. The van der Waals surface area contributed by atoms with E-state index in [1.54, 1.807) is 0 Å². The van der Waals surface area contributed by atoms with Crippen molar-refractivity contribution in [2.24, 2.45) is 22.7 Å². The molecule has 5 heteroatoms. The zero-order valence-corrected chi connectivity index (χ0v) is 29.6. The summed E-state index contributed by atoms with van der Waals surface area (Å²) in [6, 6.07) is 0.904. The highest BCUT2D eigenvalue weighted by atomic mass is 16.1. The Morgan fingerprint density at radius 3 is 1.59 bits per heavy atom. The van der Waals surface area contributed by atoms with Gasteiger partial charge in [-0.3, -0.25) is 14.6 Å². The van der Waals surface area contributed by atoms with Gasteiger partial charge in [-0.2, -0.15) is 0 Å². The smallest absolute Gasteiger partial charge is 0.155 e. The topological polar surface area (TPSA) is 47.6 Å². The first-order valence-electron chi connectivity index (χ1n) is 17.7. The van der Waals surface area contributed by atoms with E-state index < -0.39 is 10.8 Å². The standard InChI is InChI=1S/C39H62N4O/c1-27-11-15-29(16-12-27)38-23-42(31-19-34(3,4)40-35(5,6)20-31)25-39(33(38)44,30-17-13-28(2)14-18-30)26-43(24-38)32-21-36(7,8)41-37(9,10)22-32/h11-13,15,17-18,28-29,31-32,40-41H,14,16,19-26H2,1-10H3. The van der Waals surface area contributed by atoms with E-state index in [2.05, 4.69) is 126 Å². The molecular formula is C39H62N4O. The molecule has 4 saturated heterocycles. The molecule has 2 unspecified atom stereocenters. The monoisotopic (exact) mass is 602 g/mol. The lowest BCUT2D eigenvalue weighted by molar-refractivity contribution is -0.169. The van der Waals surface area contributed by atoms with Crippen molar-refractivity contribution >= 4 is 5.78 Å². The Hall–Kier alpha value is -1.53. The summed E-state index contributed by atoms with van der Waals surface area (Å²) in [7, 11) is 0. The van der Waals surface area contributed by atoms with Crippen molar-refractivity contribution < 1.29 is 4.79 Å². The van der Waals surface area contributed by atoms with Crippen LogP contribution in [0, 0.1) is 22.7 Å². The Morgan fingerprint density at radius 1 is 0.682 bits per heavy atom. The van der Waals surface area contributed by atoms with E-state index in [0.29, 0.717) is 23.8 Å². The molecule has 4 aliphatic heterocycles. The average Bonchev–Trinajstić information content (AvgIpc) is 2.86. The molecular weight excluding hydrogens is 540 g/mol. The summed E-state index contributed by atoms with van der Waals surface area (Å²) in [6.07, 6.45) is 20.7. The first kappa shape index (κ1) is 32.4. The van der Waals surface area contributed by atoms with Gasteiger partial charge >= 0.3 is 0 Å². The van der Waals surface area contributed by atoms with Crippen LogP contribution in [-0.2, 0) is 4.79 Å². The van der Waals surface area contributed by atoms with E-state index >= 15 is 4.79 Å². The van der Waals surface area contributed by atoms with Gasteiger partial charge in [-0.25, -0.2) is 0 Å². The van der Waals surface area contributed by atoms with Crippen LogP contribution in [0.2, 0.25) is 0 Å². The number of hydrogen-bond acceptors (Lipinski definition) is 5. The Labute approximate surface area is 269 Å². The third kappa shape index (κ3) is 6.00. The van der Waals surface area contributed by atoms with Crippen molar-refractivity contribution in [3.63, 3.8) is 0 Å². The van der Waals surface area contributed by atoms with Crippen molar-refractivity contribution in [3.8, 4) is 0 Å². The number of allylic oxidation sites excluding steroid dienone is 7. The van der Waals surface area contributed by atoms with Gasteiger partial charge < -0.3 is 10.6 Å². The van der Waals surface area contributed by atoms with Gasteiger partial charge in [0, 0.05) is 60.4 Å². The molecule has 4 fully saturated rings. The van der Waals surface area contributed by atoms with Gasteiger partial charge in [0.2, 0.25) is 0 Å². The van der Waals surface area contributed by atoms with Crippen molar-refractivity contribution in [2.45, 2.75) is 142 Å². The molecule has 5 nitrogen and oxygen atoms in total. The molecule has 0 aromatic carbocycles. The number of Topliss-reactive ketones (excluding diaryl/α,β-unsaturated/α-hetero) is 1. The normalized spacial score (nSPS) is 39.2. The van der Waals surface area contributed by atoms with Crippen LogP contribution in [0.25, 0.3) is 0 Å². The van der Waals surface area contributed by atoms with Crippen LogP contribution in [0.1, 0.15) is 108 Å². The van der Waals surface area contributed by atoms with Crippen LogP contribution in [0.3, 0.4) is 0 Å². The van der Waals surface area contributed by atoms with Crippen LogP contribution in [-0.4, -0.2) is 76.0 Å². The summed E-state index contributed by atoms with van der Waals surface area (Å²) < 4.78 is 0. The minimum Gasteiger partial charge on any atom is -0.307 e. The summed E-state index contributed by atoms with van der Waals surface area (Å²) >= 11 is 0. The number of rotatable bonds is 4. The lowest BCUT2D eigenvalue weighted by Crippen LogP contribution is -2.76. The van der Waals surface area contributed by atoms with E-state index in [1.165, 1.54) is 11.1 Å². The molecule has 44 heavy (non-hydrogen) atoms. The van der Waals surface area contributed by atoms with Gasteiger partial charge in [-0.1, -0.05) is 49.0 Å². The van der Waals surface area contributed by atoms with Crippen molar-refractivity contribution in [3.05, 3.63) is 47.6 Å². The average molecular weight is 603 g/mol. The molecule has 0 radical (unpaired) electrons. The quantitative estimate of drug-likeness (QED) is 0.370. The lowest BCUT2D eigenvalue weighted by Gasteiger charge is -2.64. The fourth-order valence-electron chi connectivity index (χ4n) is 10.9. The molecule has 0 amide bonds. The van der Waals surface area contributed by atoms with Crippen LogP contribution in [0.5, 0.6) is 0 Å². The van der Waals surface area contributed by atoms with E-state index in [-0.39, 0.29) is 28.1 Å². The molecule has 244 valence electrons. The van der Waals surface area contributed by atoms with Gasteiger partial charge in [-0.15, -0.1) is 0 Å². The van der Waals surface area contributed by atoms with Crippen molar-refractivity contribution in [1.29, 1.82) is 0 Å². The van der Waals surface area contributed by atoms with Crippen molar-refractivity contribution in [2.75, 3.05) is 26.2 Å². The molecule has 2 atom stereocenters. The molecule has 6 rings (SSSR count). The van der Waals surface area contributed by atoms with Crippen LogP contribution in [0.4, 0.5) is 0 Å². The molecule has 2 aliphatic carbocycles. The third-order valence-corrected chi connectivity index (χ3v) is 12.0. The fraction of sp³-hybridized carbons (Fsp3) is 0.769. The third-order valence-electron chi connectivity index (χ3n) is 12.0. The second-order valence-electron chi connectivity index (χ2n) is 18.7. The highest BCUT2D eigenvalue weighted by Gasteiger charge is 2.65. The summed E-state index contributed by atoms with van der Waals surface area (Å²) in [5.41, 5.74) is 1.93. The maximum absolute atomic E-state index is 15.6. The number of fused-ring (bicyclic) bond motifs is 2. The number of piperidine rings is 4. The Bertz CT molecular complexity index is 1200. The Morgan fingerprint density at radius 2 is 1.18 bits per heavy atom. The number of nitrogens with zero attached hydrogens (tertiary/aromatic N) is 2. The maximum atomic E-state index is 15.6. The molecule has 0 aromatic heterocycles. The number of ketones is 1. The van der Waals surface area contributed by atoms with Gasteiger partial charge in [-0.05, 0) is 118 Å². The molecule has 0 saturated carbocycles. The number of carbonyl (C=O) groups is 1. The predicted molar refractivity (Wildman–Crippen MR) is 184 cm³/mol. The molecule has 6 aliphatic rings. The van der Waals surface area contributed by atoms with Crippen LogP contribution >= 0.6 is 0 Å². The second-order valence-corrected chi connectivity index (χ2v) is 18.7. The molecule has 4 heterocycles. The fourth-order valence-corrected chi connectivity index (χ4v) is 10.9. The predicted octanol–water partition coefficient (Wildman–Crippen LogP) is 6.82. The summed E-state index contributed by atoms with van der Waals surface area (Å²) in [5.74, 6) is 1.28. The van der Waals surface area contributed by atoms with Gasteiger partial charge in [0.25, 0.3) is 0 Å². The summed E-state index contributed by atoms with van der Waals surface area (Å²) in [6.45, 7) is 26.9. The zero-order chi connectivity index (χ0) is 31.9. The second kappa shape index (κ2) is 10.8. The van der Waals surface area contributed by atoms with Gasteiger partial charge in [0.05, 0.1) is 10.8 Å². The minimum absolute atomic E-state index is 0.0612. The van der Waals surface area contributed by atoms with E-state index in [9.17, 15) is 0 Å². The number of carbonyl (C=O) groups excluding carboxylic acids is 1. The van der Waals surface area contributed by atoms with E-state index in [1.807, 2.05) is 0 Å². The molecule has 2 bridgehead atoms. The molecule has 2 N–H and O–H groups in total. The Kier molecular flexibility index (Phi) is 7.92. The van der Waals surface area contributed by atoms with E-state index in [4.69, 9.17) is 0 Å². The van der Waals surface area contributed by atoms with Crippen molar-refractivity contribution in [1.82, 2.24) is 20.4 Å². The van der Waals surface area contributed by atoms with Crippen LogP contribution < -0.4 is 10.6 Å². The highest BCUT2D eigenvalue weighted by Crippen LogP contribution is 2.55. The van der Waals surface area contributed by atoms with Crippen LogP contribution in [0.15, 0.2) is 47.6 Å². The molecule has 0 aromatic rings. The summed E-state index contributed by atoms with van der Waals surface area (Å²) in [5, 5.41) is 7.86. The largest absolute Gasteiger partial charge is 0.307 e. The zero-order valence-electron chi connectivity index (χ0n) is 29.6. The first-order valence-corrected chi connectivity index (χ1v) is 17.7. The first-order chi connectivity index (χ1) is 20.3.